The lowest BCUT2D eigenvalue weighted by Crippen LogP contribution is -2.52. The Labute approximate surface area is 247 Å². The lowest BCUT2D eigenvalue weighted by atomic mass is 10.1. The van der Waals surface area contributed by atoms with Crippen LogP contribution in [0.25, 0.3) is 0 Å². The Morgan fingerprint density at radius 1 is 0.875 bits per heavy atom. The zero-order valence-corrected chi connectivity index (χ0v) is 25.9. The van der Waals surface area contributed by atoms with Crippen LogP contribution >= 0.6 is 23.2 Å². The molecule has 0 saturated carbocycles. The number of rotatable bonds is 10. The molecule has 0 aliphatic carbocycles. The van der Waals surface area contributed by atoms with Gasteiger partial charge in [0.05, 0.1) is 10.6 Å². The van der Waals surface area contributed by atoms with Gasteiger partial charge in [-0.1, -0.05) is 53.0 Å². The molecule has 0 aromatic heterocycles. The number of sulfonamides is 1. The molecular weight excluding hydrogens is 569 g/mol. The number of halogens is 2. The highest BCUT2D eigenvalue weighted by molar-refractivity contribution is 7.92. The van der Waals surface area contributed by atoms with E-state index in [1.54, 1.807) is 49.4 Å². The molecule has 214 valence electrons. The molecule has 0 bridgehead atoms. The second kappa shape index (κ2) is 13.1. The SMILES string of the molecule is Cc1ccc(S(=O)(=O)N(CC(=O)N(Cc2c(Cl)cccc2Cl)[C@H](C)C(=O)NC(C)C)c2ccc(C)c(C)c2)cc1. The fourth-order valence-electron chi connectivity index (χ4n) is 4.09. The second-order valence-corrected chi connectivity index (χ2v) is 12.8. The van der Waals surface area contributed by atoms with Crippen LogP contribution in [0.5, 0.6) is 0 Å². The Bertz CT molecular complexity index is 1470. The first-order valence-corrected chi connectivity index (χ1v) is 15.1. The molecule has 40 heavy (non-hydrogen) atoms. The number of benzene rings is 3. The number of carbonyl (C=O) groups excluding carboxylic acids is 2. The second-order valence-electron chi connectivity index (χ2n) is 10.2. The van der Waals surface area contributed by atoms with Crippen molar-refractivity contribution in [3.8, 4) is 0 Å². The van der Waals surface area contributed by atoms with Crippen molar-refractivity contribution < 1.29 is 18.0 Å². The van der Waals surface area contributed by atoms with E-state index in [4.69, 9.17) is 23.2 Å². The largest absolute Gasteiger partial charge is 0.352 e. The molecule has 0 fully saturated rings. The zero-order chi connectivity index (χ0) is 29.8. The van der Waals surface area contributed by atoms with E-state index in [1.165, 1.54) is 17.0 Å². The molecule has 7 nitrogen and oxygen atoms in total. The van der Waals surface area contributed by atoms with Crippen molar-refractivity contribution in [2.24, 2.45) is 0 Å². The topological polar surface area (TPSA) is 86.8 Å². The fourth-order valence-corrected chi connectivity index (χ4v) is 6.01. The molecule has 3 aromatic carbocycles. The van der Waals surface area contributed by atoms with Gasteiger partial charge in [-0.15, -0.1) is 0 Å². The van der Waals surface area contributed by atoms with Crippen molar-refractivity contribution in [1.82, 2.24) is 10.2 Å². The van der Waals surface area contributed by atoms with Crippen molar-refractivity contribution in [3.63, 3.8) is 0 Å². The van der Waals surface area contributed by atoms with Gasteiger partial charge in [-0.2, -0.15) is 0 Å². The molecule has 0 aliphatic heterocycles. The molecule has 0 unspecified atom stereocenters. The van der Waals surface area contributed by atoms with Crippen LogP contribution < -0.4 is 9.62 Å². The summed E-state index contributed by atoms with van der Waals surface area (Å²) < 4.78 is 29.0. The molecule has 0 spiro atoms. The molecule has 1 N–H and O–H groups in total. The van der Waals surface area contributed by atoms with E-state index in [2.05, 4.69) is 5.32 Å². The van der Waals surface area contributed by atoms with Crippen LogP contribution in [0.3, 0.4) is 0 Å². The molecule has 3 rings (SSSR count). The molecule has 10 heteroatoms. The molecule has 0 radical (unpaired) electrons. The molecule has 0 aliphatic rings. The van der Waals surface area contributed by atoms with Crippen LogP contribution in [0.15, 0.2) is 65.6 Å². The lowest BCUT2D eigenvalue weighted by molar-refractivity contribution is -0.139. The third-order valence-corrected chi connectivity index (χ3v) is 9.15. The average Bonchev–Trinajstić information content (AvgIpc) is 2.88. The zero-order valence-electron chi connectivity index (χ0n) is 23.5. The highest BCUT2D eigenvalue weighted by atomic mass is 35.5. The Balaban J connectivity index is 2.10. The maximum atomic E-state index is 14.0. The van der Waals surface area contributed by atoms with Crippen molar-refractivity contribution in [2.45, 2.75) is 65.1 Å². The van der Waals surface area contributed by atoms with Gasteiger partial charge in [0.25, 0.3) is 10.0 Å². The normalized spacial score (nSPS) is 12.2. The predicted molar refractivity (Wildman–Crippen MR) is 161 cm³/mol. The van der Waals surface area contributed by atoms with E-state index in [1.807, 2.05) is 40.7 Å². The number of amides is 2. The first-order chi connectivity index (χ1) is 18.7. The van der Waals surface area contributed by atoms with Gasteiger partial charge < -0.3 is 10.2 Å². The fraction of sp³-hybridized carbons (Fsp3) is 0.333. The summed E-state index contributed by atoms with van der Waals surface area (Å²) >= 11 is 12.8. The molecule has 3 aromatic rings. The first-order valence-electron chi connectivity index (χ1n) is 12.9. The summed E-state index contributed by atoms with van der Waals surface area (Å²) in [5.41, 5.74) is 3.56. The van der Waals surface area contributed by atoms with Gasteiger partial charge in [0, 0.05) is 28.2 Å². The summed E-state index contributed by atoms with van der Waals surface area (Å²) in [6.07, 6.45) is 0. The van der Waals surface area contributed by atoms with Crippen LogP contribution in [0, 0.1) is 20.8 Å². The summed E-state index contributed by atoms with van der Waals surface area (Å²) in [6.45, 7) is 10.3. The number of anilines is 1. The Hall–Kier alpha value is -3.07. The van der Waals surface area contributed by atoms with Crippen LogP contribution in [0.1, 0.15) is 43.0 Å². The lowest BCUT2D eigenvalue weighted by Gasteiger charge is -2.32. The van der Waals surface area contributed by atoms with Crippen LogP contribution in [-0.2, 0) is 26.2 Å². The summed E-state index contributed by atoms with van der Waals surface area (Å²) in [5, 5.41) is 3.49. The summed E-state index contributed by atoms with van der Waals surface area (Å²) in [7, 11) is -4.15. The number of hydrogen-bond acceptors (Lipinski definition) is 4. The predicted octanol–water partition coefficient (Wildman–Crippen LogP) is 6.06. The van der Waals surface area contributed by atoms with Crippen molar-refractivity contribution >= 4 is 50.7 Å². The highest BCUT2D eigenvalue weighted by Gasteiger charge is 2.33. The summed E-state index contributed by atoms with van der Waals surface area (Å²) in [6, 6.07) is 15.5. The average molecular weight is 605 g/mol. The van der Waals surface area contributed by atoms with Gasteiger partial charge in [0.15, 0.2) is 0 Å². The smallest absolute Gasteiger partial charge is 0.264 e. The van der Waals surface area contributed by atoms with Crippen LogP contribution in [0.4, 0.5) is 5.69 Å². The maximum Gasteiger partial charge on any atom is 0.264 e. The van der Waals surface area contributed by atoms with Gasteiger partial charge >= 0.3 is 0 Å². The minimum absolute atomic E-state index is 0.0513. The standard InChI is InChI=1S/C30H35Cl2N3O4S/c1-19(2)33-30(37)23(6)34(17-26-27(31)8-7-9-28(26)32)29(36)18-35(24-13-12-21(4)22(5)16-24)40(38,39)25-14-10-20(3)11-15-25/h7-16,19,23H,17-18H2,1-6H3,(H,33,37)/t23-/m1/s1. The third kappa shape index (κ3) is 7.36. The minimum Gasteiger partial charge on any atom is -0.352 e. The minimum atomic E-state index is -4.15. The van der Waals surface area contributed by atoms with E-state index in [9.17, 15) is 18.0 Å². The first kappa shape index (κ1) is 31.5. The number of nitrogens with one attached hydrogen (secondary N) is 1. The van der Waals surface area contributed by atoms with Gasteiger partial charge in [0.2, 0.25) is 11.8 Å². The number of aryl methyl sites for hydroxylation is 3. The van der Waals surface area contributed by atoms with E-state index in [0.29, 0.717) is 21.3 Å². The van der Waals surface area contributed by atoms with Crippen LogP contribution in [0.2, 0.25) is 10.0 Å². The quantitative estimate of drug-likeness (QED) is 0.305. The molecular formula is C30H35Cl2N3O4S. The Morgan fingerprint density at radius 2 is 1.48 bits per heavy atom. The number of carbonyl (C=O) groups is 2. The maximum absolute atomic E-state index is 14.0. The molecule has 0 heterocycles. The van der Waals surface area contributed by atoms with Gasteiger partial charge in [0.1, 0.15) is 12.6 Å². The molecule has 0 saturated heterocycles. The number of hydrogen-bond donors (Lipinski definition) is 1. The van der Waals surface area contributed by atoms with E-state index in [-0.39, 0.29) is 23.4 Å². The van der Waals surface area contributed by atoms with Gasteiger partial charge in [-0.25, -0.2) is 8.42 Å². The number of nitrogens with zero attached hydrogens (tertiary/aromatic N) is 2. The van der Waals surface area contributed by atoms with Crippen LogP contribution in [-0.4, -0.2) is 43.8 Å². The summed E-state index contributed by atoms with van der Waals surface area (Å²) in [5.74, 6) is -0.970. The van der Waals surface area contributed by atoms with Crippen molar-refractivity contribution in [1.29, 1.82) is 0 Å². The third-order valence-electron chi connectivity index (χ3n) is 6.65. The Morgan fingerprint density at radius 3 is 2.02 bits per heavy atom. The van der Waals surface area contributed by atoms with Crippen molar-refractivity contribution in [3.05, 3.63) is 93.0 Å². The summed E-state index contributed by atoms with van der Waals surface area (Å²) in [4.78, 5) is 28.4. The molecule has 1 atom stereocenters. The van der Waals surface area contributed by atoms with Crippen molar-refractivity contribution in [2.75, 3.05) is 10.8 Å². The van der Waals surface area contributed by atoms with E-state index < -0.39 is 28.5 Å². The van der Waals surface area contributed by atoms with Gasteiger partial charge in [-0.05, 0) is 89.1 Å². The van der Waals surface area contributed by atoms with E-state index >= 15 is 0 Å². The van der Waals surface area contributed by atoms with E-state index in [0.717, 1.165) is 21.0 Å². The Kier molecular flexibility index (Phi) is 10.3. The monoisotopic (exact) mass is 603 g/mol. The van der Waals surface area contributed by atoms with Gasteiger partial charge in [-0.3, -0.25) is 13.9 Å². The highest BCUT2D eigenvalue weighted by Crippen LogP contribution is 2.29. The molecule has 2 amide bonds.